The van der Waals surface area contributed by atoms with Gasteiger partial charge in [0.1, 0.15) is 5.82 Å². The number of fused-ring (bicyclic) bond motifs is 1. The molecule has 0 aliphatic heterocycles. The Kier molecular flexibility index (Phi) is 6.13. The van der Waals surface area contributed by atoms with Crippen LogP contribution in [-0.4, -0.2) is 15.9 Å². The predicted octanol–water partition coefficient (Wildman–Crippen LogP) is 7.58. The number of rotatable bonds is 4. The molecule has 1 saturated carbocycles. The Morgan fingerprint density at radius 2 is 1.66 bits per heavy atom. The zero-order valence-corrected chi connectivity index (χ0v) is 19.6. The maximum atomic E-state index is 12.8. The second-order valence-corrected chi connectivity index (χ2v) is 9.91. The molecule has 0 radical (unpaired) electrons. The molecular weight excluding hydrogens is 461 g/mol. The molecule has 0 bridgehead atoms. The predicted molar refractivity (Wildman–Crippen MR) is 133 cm³/mol. The van der Waals surface area contributed by atoms with Gasteiger partial charge < -0.3 is 5.32 Å². The first-order valence-corrected chi connectivity index (χ1v) is 12.3. The van der Waals surface area contributed by atoms with Crippen LogP contribution >= 0.6 is 34.5 Å². The third-order valence-corrected chi connectivity index (χ3v) is 7.51. The minimum Gasteiger partial charge on any atom is -0.310 e. The zero-order chi connectivity index (χ0) is 22.1. The van der Waals surface area contributed by atoms with Crippen molar-refractivity contribution in [3.8, 4) is 11.3 Å². The summed E-state index contributed by atoms with van der Waals surface area (Å²) < 4.78 is 0. The van der Waals surface area contributed by atoms with Gasteiger partial charge in [-0.05, 0) is 68.1 Å². The Labute approximate surface area is 200 Å². The summed E-state index contributed by atoms with van der Waals surface area (Å²) in [4.78, 5) is 22.2. The van der Waals surface area contributed by atoms with E-state index in [0.29, 0.717) is 16.8 Å². The molecule has 0 spiro atoms. The second-order valence-electron chi connectivity index (χ2n) is 8.15. The first-order valence-electron chi connectivity index (χ1n) is 10.6. The van der Waals surface area contributed by atoms with Crippen LogP contribution in [0, 0.1) is 5.92 Å². The maximum absolute atomic E-state index is 12.8. The molecule has 0 saturated heterocycles. The molecule has 32 heavy (non-hydrogen) atoms. The molecule has 1 fully saturated rings. The number of pyridine rings is 1. The largest absolute Gasteiger partial charge is 0.310 e. The van der Waals surface area contributed by atoms with E-state index in [4.69, 9.17) is 28.2 Å². The molecule has 1 aliphatic carbocycles. The van der Waals surface area contributed by atoms with E-state index in [0.717, 1.165) is 57.9 Å². The third kappa shape index (κ3) is 4.65. The lowest BCUT2D eigenvalue weighted by molar-refractivity contribution is -0.120. The van der Waals surface area contributed by atoms with Crippen LogP contribution in [0.1, 0.15) is 36.6 Å². The highest BCUT2D eigenvalue weighted by Crippen LogP contribution is 2.38. The fourth-order valence-electron chi connectivity index (χ4n) is 4.23. The van der Waals surface area contributed by atoms with Crippen LogP contribution < -0.4 is 5.32 Å². The van der Waals surface area contributed by atoms with Crippen LogP contribution in [0.2, 0.25) is 10.0 Å². The summed E-state index contributed by atoms with van der Waals surface area (Å²) in [7, 11) is 0. The van der Waals surface area contributed by atoms with Gasteiger partial charge in [-0.2, -0.15) is 0 Å². The summed E-state index contributed by atoms with van der Waals surface area (Å²) in [6.07, 6.45) is 3.65. The molecule has 7 heteroatoms. The van der Waals surface area contributed by atoms with Crippen molar-refractivity contribution < 1.29 is 4.79 Å². The number of nitrogens with zero attached hydrogens (tertiary/aromatic N) is 2. The molecule has 4 aromatic rings. The molecule has 5 rings (SSSR count). The maximum Gasteiger partial charge on any atom is 0.228 e. The lowest BCUT2D eigenvalue weighted by atomic mass is 9.82. The standard InChI is InChI=1S/C25H21Cl2N3OS/c26-19-8-5-15(6-9-19)22-14-32-25(29-22)17-3-1-16(2-4-17)24(31)30-23-12-7-18-13-20(27)10-11-21(18)28-23/h5-14,16-17H,1-4H2,(H,28,30,31). The molecule has 0 unspecified atom stereocenters. The Bertz CT molecular complexity index is 1260. The number of halogens is 2. The van der Waals surface area contributed by atoms with Gasteiger partial charge >= 0.3 is 0 Å². The van der Waals surface area contributed by atoms with Gasteiger partial charge in [0, 0.05) is 38.2 Å². The summed E-state index contributed by atoms with van der Waals surface area (Å²) in [5.41, 5.74) is 2.89. The smallest absolute Gasteiger partial charge is 0.228 e. The van der Waals surface area contributed by atoms with E-state index in [1.54, 1.807) is 17.4 Å². The molecule has 1 amide bonds. The van der Waals surface area contributed by atoms with Crippen molar-refractivity contribution >= 4 is 57.2 Å². The van der Waals surface area contributed by atoms with Gasteiger partial charge in [-0.1, -0.05) is 35.3 Å². The van der Waals surface area contributed by atoms with E-state index in [1.165, 1.54) is 0 Å². The van der Waals surface area contributed by atoms with Crippen molar-refractivity contribution in [1.82, 2.24) is 9.97 Å². The van der Waals surface area contributed by atoms with Gasteiger partial charge in [-0.15, -0.1) is 11.3 Å². The molecule has 1 aliphatic rings. The number of hydrogen-bond donors (Lipinski definition) is 1. The molecule has 2 aromatic carbocycles. The van der Waals surface area contributed by atoms with Crippen molar-refractivity contribution in [3.63, 3.8) is 0 Å². The number of amides is 1. The highest BCUT2D eigenvalue weighted by atomic mass is 35.5. The van der Waals surface area contributed by atoms with Crippen molar-refractivity contribution in [1.29, 1.82) is 0 Å². The van der Waals surface area contributed by atoms with E-state index in [2.05, 4.69) is 15.7 Å². The SMILES string of the molecule is O=C(Nc1ccc2cc(Cl)ccc2n1)C1CCC(c2nc(-c3ccc(Cl)cc3)cs2)CC1. The topological polar surface area (TPSA) is 54.9 Å². The molecule has 162 valence electrons. The number of carbonyl (C=O) groups is 1. The Morgan fingerprint density at radius 3 is 2.44 bits per heavy atom. The second kappa shape index (κ2) is 9.18. The van der Waals surface area contributed by atoms with Crippen LogP contribution in [-0.2, 0) is 4.79 Å². The van der Waals surface area contributed by atoms with Crippen LogP contribution in [0.15, 0.2) is 60.0 Å². The summed E-state index contributed by atoms with van der Waals surface area (Å²) >= 11 is 13.7. The van der Waals surface area contributed by atoms with Gasteiger partial charge in [0.05, 0.1) is 16.2 Å². The van der Waals surface area contributed by atoms with Crippen molar-refractivity contribution in [2.75, 3.05) is 5.32 Å². The van der Waals surface area contributed by atoms with E-state index >= 15 is 0 Å². The highest BCUT2D eigenvalue weighted by molar-refractivity contribution is 7.10. The average molecular weight is 482 g/mol. The van der Waals surface area contributed by atoms with Gasteiger partial charge in [0.25, 0.3) is 0 Å². The molecule has 0 atom stereocenters. The first kappa shape index (κ1) is 21.4. The Morgan fingerprint density at radius 1 is 0.906 bits per heavy atom. The summed E-state index contributed by atoms with van der Waals surface area (Å²) in [6.45, 7) is 0. The third-order valence-electron chi connectivity index (χ3n) is 6.01. The van der Waals surface area contributed by atoms with E-state index in [-0.39, 0.29) is 11.8 Å². The molecule has 2 aromatic heterocycles. The molecule has 2 heterocycles. The first-order chi connectivity index (χ1) is 15.5. The highest BCUT2D eigenvalue weighted by Gasteiger charge is 2.29. The lowest BCUT2D eigenvalue weighted by Gasteiger charge is -2.26. The molecule has 4 nitrogen and oxygen atoms in total. The Hall–Kier alpha value is -2.47. The van der Waals surface area contributed by atoms with Crippen molar-refractivity contribution in [2.24, 2.45) is 5.92 Å². The molecule has 1 N–H and O–H groups in total. The number of carbonyl (C=O) groups excluding carboxylic acids is 1. The van der Waals surface area contributed by atoms with Crippen molar-refractivity contribution in [2.45, 2.75) is 31.6 Å². The number of nitrogens with one attached hydrogen (secondary N) is 1. The van der Waals surface area contributed by atoms with Crippen LogP contribution in [0.4, 0.5) is 5.82 Å². The van der Waals surface area contributed by atoms with E-state index in [9.17, 15) is 4.79 Å². The van der Waals surface area contributed by atoms with E-state index < -0.39 is 0 Å². The lowest BCUT2D eigenvalue weighted by Crippen LogP contribution is -2.27. The van der Waals surface area contributed by atoms with E-state index in [1.807, 2.05) is 48.5 Å². The monoisotopic (exact) mass is 481 g/mol. The van der Waals surface area contributed by atoms with Crippen LogP contribution in [0.5, 0.6) is 0 Å². The van der Waals surface area contributed by atoms with Crippen LogP contribution in [0.3, 0.4) is 0 Å². The summed E-state index contributed by atoms with van der Waals surface area (Å²) in [6, 6.07) is 17.1. The van der Waals surface area contributed by atoms with Crippen LogP contribution in [0.25, 0.3) is 22.2 Å². The fourth-order valence-corrected chi connectivity index (χ4v) is 5.53. The normalized spacial score (nSPS) is 18.6. The number of benzene rings is 2. The molecular formula is C25H21Cl2N3OS. The number of hydrogen-bond acceptors (Lipinski definition) is 4. The minimum atomic E-state index is 0.00432. The van der Waals surface area contributed by atoms with Gasteiger partial charge in [0.2, 0.25) is 5.91 Å². The number of aromatic nitrogens is 2. The quantitative estimate of drug-likeness (QED) is 0.326. The zero-order valence-electron chi connectivity index (χ0n) is 17.2. The van der Waals surface area contributed by atoms with Crippen molar-refractivity contribution in [3.05, 3.63) is 75.0 Å². The summed E-state index contributed by atoms with van der Waals surface area (Å²) in [5.74, 6) is 1.04. The van der Waals surface area contributed by atoms with Gasteiger partial charge in [-0.25, -0.2) is 9.97 Å². The van der Waals surface area contributed by atoms with Gasteiger partial charge in [0.15, 0.2) is 0 Å². The Balaban J connectivity index is 1.20. The summed E-state index contributed by atoms with van der Waals surface area (Å²) in [5, 5.41) is 8.62. The fraction of sp³-hybridized carbons (Fsp3) is 0.240. The number of anilines is 1. The number of thiazole rings is 1. The average Bonchev–Trinajstić information content (AvgIpc) is 3.30. The van der Waals surface area contributed by atoms with Gasteiger partial charge in [-0.3, -0.25) is 4.79 Å². The minimum absolute atomic E-state index is 0.00432.